The summed E-state index contributed by atoms with van der Waals surface area (Å²) in [5, 5.41) is 3.22. The van der Waals surface area contributed by atoms with Crippen molar-refractivity contribution in [1.82, 2.24) is 4.72 Å². The number of amides is 1. The number of ether oxygens (including phenoxy) is 1. The molecule has 6 nitrogen and oxygen atoms in total. The van der Waals surface area contributed by atoms with Crippen LogP contribution in [0.3, 0.4) is 0 Å². The molecular weight excluding hydrogens is 388 g/mol. The predicted octanol–water partition coefficient (Wildman–Crippen LogP) is 4.07. The quantitative estimate of drug-likeness (QED) is 0.687. The fraction of sp³-hybridized carbons (Fsp3) is 0.316. The van der Waals surface area contributed by atoms with E-state index in [0.29, 0.717) is 28.6 Å². The van der Waals surface area contributed by atoms with Gasteiger partial charge in [-0.25, -0.2) is 13.1 Å². The van der Waals surface area contributed by atoms with Gasteiger partial charge in [-0.15, -0.1) is 0 Å². The van der Waals surface area contributed by atoms with Gasteiger partial charge >= 0.3 is 0 Å². The molecule has 8 heteroatoms. The second-order valence-corrected chi connectivity index (χ2v) is 8.39. The minimum absolute atomic E-state index is 0.0995. The zero-order chi connectivity index (χ0) is 20.0. The van der Waals surface area contributed by atoms with Crippen LogP contribution in [0.1, 0.15) is 37.6 Å². The Morgan fingerprint density at radius 2 is 1.81 bits per heavy atom. The minimum Gasteiger partial charge on any atom is -0.491 e. The molecule has 0 spiro atoms. The van der Waals surface area contributed by atoms with E-state index in [-0.39, 0.29) is 16.8 Å². The average molecular weight is 411 g/mol. The zero-order valence-electron chi connectivity index (χ0n) is 15.5. The summed E-state index contributed by atoms with van der Waals surface area (Å²) in [7, 11) is -3.60. The molecule has 0 aliphatic rings. The van der Waals surface area contributed by atoms with Crippen LogP contribution >= 0.6 is 11.6 Å². The summed E-state index contributed by atoms with van der Waals surface area (Å²) >= 11 is 6.01. The van der Waals surface area contributed by atoms with Gasteiger partial charge in [0.05, 0.1) is 17.2 Å². The number of halogens is 1. The summed E-state index contributed by atoms with van der Waals surface area (Å²) in [6, 6.07) is 10.5. The Kier molecular flexibility index (Phi) is 7.24. The van der Waals surface area contributed by atoms with Crippen LogP contribution in [0, 0.1) is 0 Å². The van der Waals surface area contributed by atoms with E-state index in [1.165, 1.54) is 24.3 Å². The number of hydrogen-bond donors (Lipinski definition) is 2. The number of sulfonamides is 1. The van der Waals surface area contributed by atoms with Crippen LogP contribution in [0.2, 0.25) is 5.02 Å². The number of carbonyl (C=O) groups excluding carboxylic acids is 1. The second-order valence-electron chi connectivity index (χ2n) is 6.24. The standard InChI is InChI=1S/C19H23ClN2O4S/c1-4-11-26-18-10-7-15(20)12-17(18)21-19(23)14-5-8-16(9-6-14)27(24,25)22-13(2)3/h5-10,12-13,22H,4,11H2,1-3H3,(H,21,23). The van der Waals surface area contributed by atoms with Crippen LogP contribution in [-0.2, 0) is 10.0 Å². The van der Waals surface area contributed by atoms with Gasteiger partial charge in [0.2, 0.25) is 10.0 Å². The first-order valence-electron chi connectivity index (χ1n) is 8.59. The van der Waals surface area contributed by atoms with E-state index in [2.05, 4.69) is 10.0 Å². The molecule has 0 unspecified atom stereocenters. The summed E-state index contributed by atoms with van der Waals surface area (Å²) in [5.41, 5.74) is 0.777. The molecule has 146 valence electrons. The number of carbonyl (C=O) groups is 1. The maximum Gasteiger partial charge on any atom is 0.255 e. The Balaban J connectivity index is 2.18. The van der Waals surface area contributed by atoms with Crippen molar-refractivity contribution < 1.29 is 17.9 Å². The third kappa shape index (κ3) is 5.95. The molecule has 0 radical (unpaired) electrons. The van der Waals surface area contributed by atoms with Crippen molar-refractivity contribution in [3.05, 3.63) is 53.1 Å². The first-order valence-corrected chi connectivity index (χ1v) is 10.4. The minimum atomic E-state index is -3.60. The maximum absolute atomic E-state index is 12.5. The third-order valence-electron chi connectivity index (χ3n) is 3.47. The van der Waals surface area contributed by atoms with Crippen LogP contribution in [0.5, 0.6) is 5.75 Å². The molecule has 1 amide bonds. The molecule has 0 aliphatic carbocycles. The predicted molar refractivity (Wildman–Crippen MR) is 107 cm³/mol. The molecule has 0 saturated carbocycles. The van der Waals surface area contributed by atoms with Gasteiger partial charge in [-0.3, -0.25) is 4.79 Å². The van der Waals surface area contributed by atoms with E-state index in [1.807, 2.05) is 6.92 Å². The van der Waals surface area contributed by atoms with Gasteiger partial charge in [0, 0.05) is 16.6 Å². The first-order chi connectivity index (χ1) is 12.7. The highest BCUT2D eigenvalue weighted by Crippen LogP contribution is 2.28. The molecular formula is C19H23ClN2O4S. The second kappa shape index (κ2) is 9.21. The molecule has 2 aromatic rings. The Morgan fingerprint density at radius 3 is 2.41 bits per heavy atom. The number of rotatable bonds is 8. The Hall–Kier alpha value is -2.09. The van der Waals surface area contributed by atoms with Crippen molar-refractivity contribution in [1.29, 1.82) is 0 Å². The Morgan fingerprint density at radius 1 is 1.15 bits per heavy atom. The maximum atomic E-state index is 12.5. The van der Waals surface area contributed by atoms with E-state index in [1.54, 1.807) is 32.0 Å². The van der Waals surface area contributed by atoms with Gasteiger partial charge < -0.3 is 10.1 Å². The number of anilines is 1. The summed E-state index contributed by atoms with van der Waals surface area (Å²) in [6.07, 6.45) is 0.830. The van der Waals surface area contributed by atoms with Gasteiger partial charge in [0.15, 0.2) is 0 Å². The number of nitrogens with one attached hydrogen (secondary N) is 2. The van der Waals surface area contributed by atoms with Crippen molar-refractivity contribution >= 4 is 33.2 Å². The lowest BCUT2D eigenvalue weighted by Gasteiger charge is -2.13. The SMILES string of the molecule is CCCOc1ccc(Cl)cc1NC(=O)c1ccc(S(=O)(=O)NC(C)C)cc1. The summed E-state index contributed by atoms with van der Waals surface area (Å²) in [6.45, 7) is 5.98. The number of benzene rings is 2. The Labute approximate surface area is 164 Å². The van der Waals surface area contributed by atoms with Crippen molar-refractivity contribution in [2.45, 2.75) is 38.1 Å². The fourth-order valence-corrected chi connectivity index (χ4v) is 3.72. The average Bonchev–Trinajstić information content (AvgIpc) is 2.60. The molecule has 0 bridgehead atoms. The van der Waals surface area contributed by atoms with Crippen LogP contribution in [-0.4, -0.2) is 27.0 Å². The molecule has 0 atom stereocenters. The molecule has 2 rings (SSSR count). The van der Waals surface area contributed by atoms with Gasteiger partial charge in [0.1, 0.15) is 5.75 Å². The summed E-state index contributed by atoms with van der Waals surface area (Å²) in [5.74, 6) is 0.134. The van der Waals surface area contributed by atoms with E-state index >= 15 is 0 Å². The normalized spacial score (nSPS) is 11.4. The monoisotopic (exact) mass is 410 g/mol. The lowest BCUT2D eigenvalue weighted by atomic mass is 10.2. The van der Waals surface area contributed by atoms with Gasteiger partial charge in [0.25, 0.3) is 5.91 Å². The van der Waals surface area contributed by atoms with Gasteiger partial charge in [-0.1, -0.05) is 18.5 Å². The molecule has 2 aromatic carbocycles. The van der Waals surface area contributed by atoms with Crippen LogP contribution in [0.15, 0.2) is 47.4 Å². The molecule has 0 aromatic heterocycles. The van der Waals surface area contributed by atoms with Crippen LogP contribution < -0.4 is 14.8 Å². The van der Waals surface area contributed by atoms with E-state index < -0.39 is 10.0 Å². The lowest BCUT2D eigenvalue weighted by molar-refractivity contribution is 0.102. The largest absolute Gasteiger partial charge is 0.491 e. The van der Waals surface area contributed by atoms with Crippen molar-refractivity contribution in [2.75, 3.05) is 11.9 Å². The topological polar surface area (TPSA) is 84.5 Å². The molecule has 2 N–H and O–H groups in total. The number of hydrogen-bond acceptors (Lipinski definition) is 4. The van der Waals surface area contributed by atoms with Crippen molar-refractivity contribution in [2.24, 2.45) is 0 Å². The highest BCUT2D eigenvalue weighted by atomic mass is 35.5. The van der Waals surface area contributed by atoms with Gasteiger partial charge in [-0.2, -0.15) is 0 Å². The van der Waals surface area contributed by atoms with Crippen LogP contribution in [0.25, 0.3) is 0 Å². The molecule has 0 fully saturated rings. The highest BCUT2D eigenvalue weighted by Gasteiger charge is 2.16. The molecule has 0 heterocycles. The third-order valence-corrected chi connectivity index (χ3v) is 5.38. The van der Waals surface area contributed by atoms with Crippen LogP contribution in [0.4, 0.5) is 5.69 Å². The molecule has 27 heavy (non-hydrogen) atoms. The molecule has 0 aliphatic heterocycles. The fourth-order valence-electron chi connectivity index (χ4n) is 2.30. The van der Waals surface area contributed by atoms with E-state index in [9.17, 15) is 13.2 Å². The zero-order valence-corrected chi connectivity index (χ0v) is 17.0. The lowest BCUT2D eigenvalue weighted by Crippen LogP contribution is -2.30. The Bertz CT molecular complexity index is 896. The smallest absolute Gasteiger partial charge is 0.255 e. The highest BCUT2D eigenvalue weighted by molar-refractivity contribution is 7.89. The first kappa shape index (κ1) is 21.2. The molecule has 0 saturated heterocycles. The van der Waals surface area contributed by atoms with Crippen molar-refractivity contribution in [3.63, 3.8) is 0 Å². The van der Waals surface area contributed by atoms with Crippen molar-refractivity contribution in [3.8, 4) is 5.75 Å². The summed E-state index contributed by atoms with van der Waals surface area (Å²) < 4.78 is 32.4. The summed E-state index contributed by atoms with van der Waals surface area (Å²) in [4.78, 5) is 12.6. The van der Waals surface area contributed by atoms with Gasteiger partial charge in [-0.05, 0) is 62.7 Å². The van der Waals surface area contributed by atoms with E-state index in [0.717, 1.165) is 6.42 Å². The van der Waals surface area contributed by atoms with E-state index in [4.69, 9.17) is 16.3 Å².